The van der Waals surface area contributed by atoms with E-state index in [1.54, 1.807) is 0 Å². The Hall–Kier alpha value is -0.930. The number of halogens is 1. The van der Waals surface area contributed by atoms with E-state index in [1.165, 1.54) is 5.56 Å². The van der Waals surface area contributed by atoms with Crippen LogP contribution in [0.2, 0.25) is 0 Å². The lowest BCUT2D eigenvalue weighted by molar-refractivity contribution is 0.150. The van der Waals surface area contributed by atoms with Crippen molar-refractivity contribution in [1.29, 1.82) is 0 Å². The highest BCUT2D eigenvalue weighted by Crippen LogP contribution is 2.34. The molecule has 0 bridgehead atoms. The second kappa shape index (κ2) is 4.75. The number of hydrogen-bond donors (Lipinski definition) is 2. The molecule has 1 aromatic rings. The molecule has 2 aliphatic heterocycles. The molecule has 0 radical (unpaired) electrons. The van der Waals surface area contributed by atoms with E-state index in [9.17, 15) is 4.39 Å². The fraction of sp³-hybridized carbons (Fsp3) is 0.571. The van der Waals surface area contributed by atoms with Crippen molar-refractivity contribution in [3.63, 3.8) is 0 Å². The lowest BCUT2D eigenvalue weighted by Gasteiger charge is -2.29. The molecule has 17 heavy (non-hydrogen) atoms. The van der Waals surface area contributed by atoms with Crippen LogP contribution in [0.5, 0.6) is 0 Å². The highest BCUT2D eigenvalue weighted by molar-refractivity contribution is 5.34. The number of alkyl halides is 1. The molecule has 2 nitrogen and oxygen atoms in total. The van der Waals surface area contributed by atoms with Crippen molar-refractivity contribution in [2.45, 2.75) is 31.6 Å². The number of benzene rings is 1. The Kier molecular flexibility index (Phi) is 3.12. The minimum Gasteiger partial charge on any atom is -0.316 e. The molecule has 0 aromatic heterocycles. The lowest BCUT2D eigenvalue weighted by atomic mass is 9.88. The van der Waals surface area contributed by atoms with Gasteiger partial charge in [-0.3, -0.25) is 0 Å². The SMILES string of the molecule is FC(C1CCCNC1)C1NCc2ccccc21. The molecule has 0 aliphatic carbocycles. The standard InChI is InChI=1S/C14H19FN2/c15-13(11-5-3-7-16-8-11)14-12-6-2-1-4-10(12)9-17-14/h1-2,4,6,11,13-14,16-17H,3,5,7-9H2. The summed E-state index contributed by atoms with van der Waals surface area (Å²) >= 11 is 0. The van der Waals surface area contributed by atoms with E-state index >= 15 is 0 Å². The van der Waals surface area contributed by atoms with Gasteiger partial charge in [0.05, 0.1) is 6.04 Å². The number of nitrogens with one attached hydrogen (secondary N) is 2. The van der Waals surface area contributed by atoms with Crippen LogP contribution in [0.3, 0.4) is 0 Å². The van der Waals surface area contributed by atoms with Crippen LogP contribution in [0.15, 0.2) is 24.3 Å². The molecule has 1 saturated heterocycles. The largest absolute Gasteiger partial charge is 0.316 e. The monoisotopic (exact) mass is 234 g/mol. The molecule has 2 N–H and O–H groups in total. The van der Waals surface area contributed by atoms with Crippen molar-refractivity contribution in [2.24, 2.45) is 5.92 Å². The van der Waals surface area contributed by atoms with E-state index < -0.39 is 6.17 Å². The van der Waals surface area contributed by atoms with E-state index in [0.717, 1.165) is 38.0 Å². The molecule has 1 aromatic carbocycles. The normalized spacial score (nSPS) is 29.9. The minimum absolute atomic E-state index is 0.101. The summed E-state index contributed by atoms with van der Waals surface area (Å²) in [7, 11) is 0. The van der Waals surface area contributed by atoms with E-state index in [1.807, 2.05) is 12.1 Å². The summed E-state index contributed by atoms with van der Waals surface area (Å²) in [6.45, 7) is 2.67. The third-order valence-electron chi connectivity index (χ3n) is 4.01. The number of piperidine rings is 1. The van der Waals surface area contributed by atoms with E-state index in [0.29, 0.717) is 0 Å². The van der Waals surface area contributed by atoms with Crippen LogP contribution in [-0.2, 0) is 6.54 Å². The third kappa shape index (κ3) is 2.09. The average molecular weight is 234 g/mol. The minimum atomic E-state index is -0.772. The second-order valence-corrected chi connectivity index (χ2v) is 5.11. The van der Waals surface area contributed by atoms with Gasteiger partial charge in [0.15, 0.2) is 0 Å². The Morgan fingerprint density at radius 1 is 1.29 bits per heavy atom. The zero-order valence-electron chi connectivity index (χ0n) is 9.95. The zero-order valence-corrected chi connectivity index (χ0v) is 9.95. The molecule has 2 heterocycles. The smallest absolute Gasteiger partial charge is 0.124 e. The van der Waals surface area contributed by atoms with Gasteiger partial charge in [-0.05, 0) is 30.5 Å². The first-order chi connectivity index (χ1) is 8.36. The molecule has 92 valence electrons. The molecule has 3 unspecified atom stereocenters. The molecule has 0 spiro atoms. The van der Waals surface area contributed by atoms with Crippen molar-refractivity contribution in [3.8, 4) is 0 Å². The van der Waals surface area contributed by atoms with Crippen LogP contribution in [0.25, 0.3) is 0 Å². The molecule has 1 fully saturated rings. The predicted octanol–water partition coefficient (Wildman–Crippen LogP) is 2.17. The van der Waals surface area contributed by atoms with Crippen molar-refractivity contribution >= 4 is 0 Å². The maximum atomic E-state index is 14.6. The van der Waals surface area contributed by atoms with Gasteiger partial charge in [-0.25, -0.2) is 4.39 Å². The summed E-state index contributed by atoms with van der Waals surface area (Å²) in [5.41, 5.74) is 2.41. The van der Waals surface area contributed by atoms with Crippen molar-refractivity contribution < 1.29 is 4.39 Å². The Morgan fingerprint density at radius 3 is 3.00 bits per heavy atom. The van der Waals surface area contributed by atoms with Gasteiger partial charge >= 0.3 is 0 Å². The predicted molar refractivity (Wildman–Crippen MR) is 66.5 cm³/mol. The van der Waals surface area contributed by atoms with Gasteiger partial charge < -0.3 is 10.6 Å². The van der Waals surface area contributed by atoms with Gasteiger partial charge in [-0.15, -0.1) is 0 Å². The Balaban J connectivity index is 1.76. The van der Waals surface area contributed by atoms with Crippen LogP contribution >= 0.6 is 0 Å². The van der Waals surface area contributed by atoms with Crippen LogP contribution in [0.4, 0.5) is 4.39 Å². The van der Waals surface area contributed by atoms with Crippen molar-refractivity contribution in [2.75, 3.05) is 13.1 Å². The van der Waals surface area contributed by atoms with Crippen LogP contribution < -0.4 is 10.6 Å². The Morgan fingerprint density at radius 2 is 2.18 bits per heavy atom. The van der Waals surface area contributed by atoms with Gasteiger partial charge in [-0.1, -0.05) is 24.3 Å². The molecular formula is C14H19FN2. The topological polar surface area (TPSA) is 24.1 Å². The van der Waals surface area contributed by atoms with Crippen LogP contribution in [0.1, 0.15) is 30.0 Å². The molecule has 0 amide bonds. The molecule has 3 atom stereocenters. The number of rotatable bonds is 2. The van der Waals surface area contributed by atoms with Gasteiger partial charge in [-0.2, -0.15) is 0 Å². The third-order valence-corrected chi connectivity index (χ3v) is 4.01. The Labute approximate surface area is 102 Å². The van der Waals surface area contributed by atoms with E-state index in [2.05, 4.69) is 22.8 Å². The number of hydrogen-bond acceptors (Lipinski definition) is 2. The van der Waals surface area contributed by atoms with Gasteiger partial charge in [0, 0.05) is 19.0 Å². The first kappa shape index (κ1) is 11.2. The molecule has 0 saturated carbocycles. The summed E-state index contributed by atoms with van der Waals surface area (Å²) in [5.74, 6) is 0.160. The summed E-state index contributed by atoms with van der Waals surface area (Å²) in [4.78, 5) is 0. The average Bonchev–Trinajstić information content (AvgIpc) is 2.83. The molecule has 2 aliphatic rings. The highest BCUT2D eigenvalue weighted by atomic mass is 19.1. The zero-order chi connectivity index (χ0) is 11.7. The molecule has 3 rings (SSSR count). The molecule has 3 heteroatoms. The Bertz CT molecular complexity index is 388. The summed E-state index contributed by atoms with van der Waals surface area (Å²) < 4.78 is 14.6. The fourth-order valence-electron chi connectivity index (χ4n) is 3.04. The first-order valence-electron chi connectivity index (χ1n) is 6.52. The van der Waals surface area contributed by atoms with Crippen LogP contribution in [-0.4, -0.2) is 19.3 Å². The number of fused-ring (bicyclic) bond motifs is 1. The summed E-state index contributed by atoms with van der Waals surface area (Å²) in [6, 6.07) is 8.08. The highest BCUT2D eigenvalue weighted by Gasteiger charge is 2.34. The first-order valence-corrected chi connectivity index (χ1v) is 6.52. The second-order valence-electron chi connectivity index (χ2n) is 5.11. The summed E-state index contributed by atoms with van der Waals surface area (Å²) in [6.07, 6.45) is 1.33. The van der Waals surface area contributed by atoms with Gasteiger partial charge in [0.2, 0.25) is 0 Å². The van der Waals surface area contributed by atoms with Crippen molar-refractivity contribution in [3.05, 3.63) is 35.4 Å². The van der Waals surface area contributed by atoms with Gasteiger partial charge in [0.25, 0.3) is 0 Å². The summed E-state index contributed by atoms with van der Waals surface area (Å²) in [5, 5.41) is 6.61. The maximum absolute atomic E-state index is 14.6. The van der Waals surface area contributed by atoms with E-state index in [-0.39, 0.29) is 12.0 Å². The van der Waals surface area contributed by atoms with Crippen molar-refractivity contribution in [1.82, 2.24) is 10.6 Å². The molecular weight excluding hydrogens is 215 g/mol. The lowest BCUT2D eigenvalue weighted by Crippen LogP contribution is -2.39. The van der Waals surface area contributed by atoms with Crippen LogP contribution in [0, 0.1) is 5.92 Å². The van der Waals surface area contributed by atoms with E-state index in [4.69, 9.17) is 0 Å². The van der Waals surface area contributed by atoms with Gasteiger partial charge in [0.1, 0.15) is 6.17 Å². The fourth-order valence-corrected chi connectivity index (χ4v) is 3.04. The maximum Gasteiger partial charge on any atom is 0.124 e. The quantitative estimate of drug-likeness (QED) is 0.819.